The van der Waals surface area contributed by atoms with E-state index < -0.39 is 11.4 Å². The van der Waals surface area contributed by atoms with Gasteiger partial charge in [-0.1, -0.05) is 24.3 Å². The van der Waals surface area contributed by atoms with E-state index >= 15 is 0 Å². The van der Waals surface area contributed by atoms with E-state index in [4.69, 9.17) is 0 Å². The van der Waals surface area contributed by atoms with Crippen LogP contribution < -0.4 is 5.32 Å². The minimum atomic E-state index is -0.903. The minimum absolute atomic E-state index is 0.0944. The maximum Gasteiger partial charge on any atom is 0.304 e. The lowest BCUT2D eigenvalue weighted by Gasteiger charge is -2.37. The largest absolute Gasteiger partial charge is 0.481 e. The quantitative estimate of drug-likeness (QED) is 0.766. The molecule has 2 aliphatic rings. The van der Waals surface area contributed by atoms with Crippen molar-refractivity contribution in [1.29, 1.82) is 0 Å². The molecule has 0 atom stereocenters. The van der Waals surface area contributed by atoms with Gasteiger partial charge in [0.25, 0.3) is 0 Å². The average Bonchev–Trinajstić information content (AvgIpc) is 2.94. The van der Waals surface area contributed by atoms with E-state index in [1.54, 1.807) is 0 Å². The Morgan fingerprint density at radius 3 is 2.27 bits per heavy atom. The predicted octanol–water partition coefficient (Wildman–Crippen LogP) is 2.24. The average molecular weight is 359 g/mol. The van der Waals surface area contributed by atoms with E-state index in [0.717, 1.165) is 22.0 Å². The second-order valence-electron chi connectivity index (χ2n) is 8.84. The topological polar surface area (TPSA) is 66.4 Å². The summed E-state index contributed by atoms with van der Waals surface area (Å²) in [5.74, 6) is -0.332. The van der Waals surface area contributed by atoms with E-state index in [9.17, 15) is 14.7 Å². The van der Waals surface area contributed by atoms with Gasteiger partial charge in [-0.3, -0.25) is 9.59 Å². The highest BCUT2D eigenvalue weighted by atomic mass is 16.4. The number of amides is 1. The van der Waals surface area contributed by atoms with Crippen molar-refractivity contribution in [3.63, 3.8) is 0 Å². The fraction of sp³-hybridized carbons (Fsp3) is 0.619. The number of carboxylic acids is 1. The number of quaternary nitrogens is 1. The molecule has 1 aliphatic heterocycles. The van der Waals surface area contributed by atoms with E-state index in [0.29, 0.717) is 25.3 Å². The summed E-state index contributed by atoms with van der Waals surface area (Å²) in [7, 11) is 4.54. The molecule has 5 heteroatoms. The van der Waals surface area contributed by atoms with E-state index in [-0.39, 0.29) is 12.3 Å². The molecule has 0 spiro atoms. The Kier molecular flexibility index (Phi) is 5.37. The van der Waals surface area contributed by atoms with Crippen LogP contribution in [0.4, 0.5) is 0 Å². The Morgan fingerprint density at radius 1 is 1.15 bits per heavy atom. The lowest BCUT2D eigenvalue weighted by Crippen LogP contribution is -2.47. The van der Waals surface area contributed by atoms with Gasteiger partial charge in [0.1, 0.15) is 0 Å². The van der Waals surface area contributed by atoms with Gasteiger partial charge in [-0.25, -0.2) is 0 Å². The van der Waals surface area contributed by atoms with Crippen molar-refractivity contribution >= 4 is 11.9 Å². The summed E-state index contributed by atoms with van der Waals surface area (Å²) in [6.45, 7) is 3.03. The van der Waals surface area contributed by atoms with Gasteiger partial charge in [-0.05, 0) is 49.1 Å². The Morgan fingerprint density at radius 2 is 1.73 bits per heavy atom. The molecule has 0 unspecified atom stereocenters. The second kappa shape index (κ2) is 7.39. The van der Waals surface area contributed by atoms with Gasteiger partial charge in [0.15, 0.2) is 0 Å². The molecule has 0 saturated carbocycles. The zero-order valence-corrected chi connectivity index (χ0v) is 16.0. The maximum atomic E-state index is 12.9. The van der Waals surface area contributed by atoms with Gasteiger partial charge < -0.3 is 14.9 Å². The first-order chi connectivity index (χ1) is 12.3. The van der Waals surface area contributed by atoms with Crippen molar-refractivity contribution in [2.45, 2.75) is 38.5 Å². The molecule has 26 heavy (non-hydrogen) atoms. The van der Waals surface area contributed by atoms with Gasteiger partial charge in [-0.2, -0.15) is 0 Å². The number of piperidine rings is 1. The fourth-order valence-electron chi connectivity index (χ4n) is 4.54. The van der Waals surface area contributed by atoms with Crippen molar-refractivity contribution in [1.82, 2.24) is 5.32 Å². The van der Waals surface area contributed by atoms with Gasteiger partial charge in [0.05, 0.1) is 39.0 Å². The monoisotopic (exact) mass is 359 g/mol. The van der Waals surface area contributed by atoms with Crippen molar-refractivity contribution in [3.05, 3.63) is 35.4 Å². The molecule has 0 aromatic heterocycles. The summed E-state index contributed by atoms with van der Waals surface area (Å²) in [5, 5.41) is 12.4. The number of carboxylic acid groups (broad SMARTS) is 1. The molecule has 3 rings (SSSR count). The third-order valence-corrected chi connectivity index (χ3v) is 6.27. The van der Waals surface area contributed by atoms with Gasteiger partial charge in [0, 0.05) is 6.54 Å². The zero-order valence-electron chi connectivity index (χ0n) is 16.0. The predicted molar refractivity (Wildman–Crippen MR) is 101 cm³/mol. The summed E-state index contributed by atoms with van der Waals surface area (Å²) in [4.78, 5) is 24.4. The standard InChI is InChI=1S/C21H30N2O3/c1-23(2)11-8-16(9-12-23)7-10-22-20(26)21(15-19(24)25)13-17-5-3-4-6-18(17)14-21/h3-6,16H,7-15H2,1-2H3,(H-,22,24,25,26)/p+1. The fourth-order valence-corrected chi connectivity index (χ4v) is 4.54. The highest BCUT2D eigenvalue weighted by Gasteiger charge is 2.45. The molecule has 142 valence electrons. The summed E-state index contributed by atoms with van der Waals surface area (Å²) < 4.78 is 1.09. The molecule has 1 aromatic carbocycles. The Labute approximate surface area is 156 Å². The van der Waals surface area contributed by atoms with E-state index in [2.05, 4.69) is 19.4 Å². The molecule has 1 heterocycles. The minimum Gasteiger partial charge on any atom is -0.481 e. The number of carbonyl (C=O) groups excluding carboxylic acids is 1. The van der Waals surface area contributed by atoms with Gasteiger partial charge in [0.2, 0.25) is 5.91 Å². The molecule has 1 saturated heterocycles. The number of aliphatic carboxylic acids is 1. The summed E-state index contributed by atoms with van der Waals surface area (Å²) in [6.07, 6.45) is 4.33. The maximum absolute atomic E-state index is 12.9. The molecular formula is C21H31N2O3+. The van der Waals surface area contributed by atoms with Crippen LogP contribution in [-0.4, -0.2) is 55.2 Å². The lowest BCUT2D eigenvalue weighted by molar-refractivity contribution is -0.896. The first-order valence-electron chi connectivity index (χ1n) is 9.69. The van der Waals surface area contributed by atoms with Crippen LogP contribution >= 0.6 is 0 Å². The van der Waals surface area contributed by atoms with Crippen LogP contribution in [0.5, 0.6) is 0 Å². The number of fused-ring (bicyclic) bond motifs is 1. The number of likely N-dealkylation sites (tertiary alicyclic amines) is 1. The SMILES string of the molecule is C[N+]1(C)CCC(CCNC(=O)C2(CC(=O)O)Cc3ccccc3C2)CC1. The van der Waals surface area contributed by atoms with Crippen LogP contribution in [-0.2, 0) is 22.4 Å². The van der Waals surface area contributed by atoms with E-state index in [1.165, 1.54) is 25.9 Å². The molecule has 0 radical (unpaired) electrons. The smallest absolute Gasteiger partial charge is 0.304 e. The summed E-state index contributed by atoms with van der Waals surface area (Å²) in [5.41, 5.74) is 1.38. The Bertz CT molecular complexity index is 649. The number of hydrogen-bond acceptors (Lipinski definition) is 2. The Balaban J connectivity index is 1.57. The van der Waals surface area contributed by atoms with Crippen LogP contribution in [0.1, 0.15) is 36.8 Å². The van der Waals surface area contributed by atoms with Crippen LogP contribution in [0.3, 0.4) is 0 Å². The van der Waals surface area contributed by atoms with Crippen molar-refractivity contribution < 1.29 is 19.2 Å². The normalized spacial score (nSPS) is 21.2. The second-order valence-corrected chi connectivity index (χ2v) is 8.84. The zero-order chi connectivity index (χ0) is 18.8. The number of nitrogens with zero attached hydrogens (tertiary/aromatic N) is 1. The van der Waals surface area contributed by atoms with Crippen LogP contribution in [0.25, 0.3) is 0 Å². The molecule has 1 fully saturated rings. The first kappa shape index (κ1) is 18.9. The third kappa shape index (κ3) is 4.26. The van der Waals surface area contributed by atoms with Crippen LogP contribution in [0.2, 0.25) is 0 Å². The van der Waals surface area contributed by atoms with Crippen molar-refractivity contribution in [3.8, 4) is 0 Å². The number of nitrogens with one attached hydrogen (secondary N) is 1. The highest BCUT2D eigenvalue weighted by molar-refractivity contribution is 5.88. The number of hydrogen-bond donors (Lipinski definition) is 2. The molecule has 1 aromatic rings. The third-order valence-electron chi connectivity index (χ3n) is 6.27. The molecule has 1 amide bonds. The summed E-state index contributed by atoms with van der Waals surface area (Å²) in [6, 6.07) is 7.93. The van der Waals surface area contributed by atoms with Crippen LogP contribution in [0, 0.1) is 11.3 Å². The lowest BCUT2D eigenvalue weighted by atomic mass is 9.80. The van der Waals surface area contributed by atoms with Crippen LogP contribution in [0.15, 0.2) is 24.3 Å². The number of rotatable bonds is 6. The van der Waals surface area contributed by atoms with E-state index in [1.807, 2.05) is 24.3 Å². The van der Waals surface area contributed by atoms with Gasteiger partial charge in [-0.15, -0.1) is 0 Å². The Hall–Kier alpha value is -1.88. The molecule has 5 nitrogen and oxygen atoms in total. The highest BCUT2D eigenvalue weighted by Crippen LogP contribution is 2.40. The number of benzene rings is 1. The molecule has 2 N–H and O–H groups in total. The molecule has 0 bridgehead atoms. The molecule has 1 aliphatic carbocycles. The molecular weight excluding hydrogens is 328 g/mol. The first-order valence-corrected chi connectivity index (χ1v) is 9.69. The summed E-state index contributed by atoms with van der Waals surface area (Å²) >= 11 is 0. The van der Waals surface area contributed by atoms with Gasteiger partial charge >= 0.3 is 5.97 Å². The van der Waals surface area contributed by atoms with Crippen molar-refractivity contribution in [2.75, 3.05) is 33.7 Å². The van der Waals surface area contributed by atoms with Crippen molar-refractivity contribution in [2.24, 2.45) is 11.3 Å². The number of carbonyl (C=O) groups is 2.